The molecule has 0 saturated carbocycles. The van der Waals surface area contributed by atoms with Gasteiger partial charge in [-0.3, -0.25) is 0 Å². The fourth-order valence-electron chi connectivity index (χ4n) is 2.10. The molecule has 0 aromatic heterocycles. The lowest BCUT2D eigenvalue weighted by atomic mass is 9.86. The van der Waals surface area contributed by atoms with Crippen molar-refractivity contribution in [2.75, 3.05) is 13.1 Å². The van der Waals surface area contributed by atoms with E-state index in [1.165, 1.54) is 5.56 Å². The van der Waals surface area contributed by atoms with E-state index >= 15 is 0 Å². The molecule has 1 saturated heterocycles. The van der Waals surface area contributed by atoms with Crippen LogP contribution >= 0.6 is 0 Å². The maximum atomic E-state index is 6.07. The zero-order chi connectivity index (χ0) is 11.6. The molecule has 1 aliphatic heterocycles. The smallest absolute Gasteiger partial charge is 0.123 e. The lowest BCUT2D eigenvalue weighted by molar-refractivity contribution is 0.218. The van der Waals surface area contributed by atoms with Crippen LogP contribution in [-0.2, 0) is 5.41 Å². The van der Waals surface area contributed by atoms with Gasteiger partial charge < -0.3 is 10.1 Å². The van der Waals surface area contributed by atoms with E-state index < -0.39 is 0 Å². The topological polar surface area (TPSA) is 21.3 Å². The highest BCUT2D eigenvalue weighted by Gasteiger charge is 2.22. The Labute approximate surface area is 98.0 Å². The van der Waals surface area contributed by atoms with Crippen LogP contribution in [0.2, 0.25) is 0 Å². The molecule has 0 bridgehead atoms. The van der Waals surface area contributed by atoms with Gasteiger partial charge in [-0.1, -0.05) is 39.0 Å². The van der Waals surface area contributed by atoms with Gasteiger partial charge in [0.15, 0.2) is 0 Å². The van der Waals surface area contributed by atoms with E-state index in [0.717, 1.165) is 25.3 Å². The minimum Gasteiger partial charge on any atom is -0.489 e. The maximum Gasteiger partial charge on any atom is 0.123 e. The molecule has 0 aliphatic carbocycles. The van der Waals surface area contributed by atoms with Crippen molar-refractivity contribution in [2.24, 2.45) is 0 Å². The molecule has 0 amide bonds. The normalized spacial score (nSPS) is 21.1. The first-order chi connectivity index (χ1) is 7.57. The van der Waals surface area contributed by atoms with Gasteiger partial charge in [0, 0.05) is 6.54 Å². The van der Waals surface area contributed by atoms with Crippen LogP contribution in [0.4, 0.5) is 0 Å². The molecule has 1 atom stereocenters. The number of ether oxygens (including phenoxy) is 1. The van der Waals surface area contributed by atoms with Crippen LogP contribution in [0.15, 0.2) is 24.3 Å². The fourth-order valence-corrected chi connectivity index (χ4v) is 2.10. The van der Waals surface area contributed by atoms with Gasteiger partial charge in [0.1, 0.15) is 11.9 Å². The summed E-state index contributed by atoms with van der Waals surface area (Å²) >= 11 is 0. The Bertz CT molecular complexity index is 348. The summed E-state index contributed by atoms with van der Waals surface area (Å²) in [4.78, 5) is 0. The standard InChI is InChI=1S/C14H21NO/c1-14(2,3)12-6-4-5-7-13(12)16-11-8-9-15-10-11/h4-7,11,15H,8-10H2,1-3H3. The molecular formula is C14H21NO. The van der Waals surface area contributed by atoms with Crippen LogP contribution in [0.5, 0.6) is 5.75 Å². The quantitative estimate of drug-likeness (QED) is 0.825. The average molecular weight is 219 g/mol. The van der Waals surface area contributed by atoms with Crippen LogP contribution in [-0.4, -0.2) is 19.2 Å². The molecule has 1 N–H and O–H groups in total. The third-order valence-electron chi connectivity index (χ3n) is 3.00. The summed E-state index contributed by atoms with van der Waals surface area (Å²) < 4.78 is 6.07. The summed E-state index contributed by atoms with van der Waals surface area (Å²) in [6.07, 6.45) is 1.45. The van der Waals surface area contributed by atoms with Crippen molar-refractivity contribution in [1.29, 1.82) is 0 Å². The number of nitrogens with one attached hydrogen (secondary N) is 1. The van der Waals surface area contributed by atoms with Crippen LogP contribution < -0.4 is 10.1 Å². The molecule has 2 rings (SSSR count). The molecule has 1 aliphatic rings. The summed E-state index contributed by atoms with van der Waals surface area (Å²) in [5.74, 6) is 1.05. The van der Waals surface area contributed by atoms with Gasteiger partial charge in [-0.25, -0.2) is 0 Å². The van der Waals surface area contributed by atoms with Crippen LogP contribution in [0.1, 0.15) is 32.8 Å². The van der Waals surface area contributed by atoms with Crippen LogP contribution in [0.3, 0.4) is 0 Å². The van der Waals surface area contributed by atoms with Gasteiger partial charge in [0.25, 0.3) is 0 Å². The molecule has 0 radical (unpaired) electrons. The van der Waals surface area contributed by atoms with E-state index in [9.17, 15) is 0 Å². The molecule has 1 heterocycles. The highest BCUT2D eigenvalue weighted by Crippen LogP contribution is 2.31. The van der Waals surface area contributed by atoms with Crippen molar-refractivity contribution in [2.45, 2.75) is 38.7 Å². The molecule has 2 heteroatoms. The van der Waals surface area contributed by atoms with Gasteiger partial charge in [0.2, 0.25) is 0 Å². The van der Waals surface area contributed by atoms with Crippen molar-refractivity contribution < 1.29 is 4.74 Å². The first kappa shape index (κ1) is 11.5. The highest BCUT2D eigenvalue weighted by atomic mass is 16.5. The second kappa shape index (κ2) is 4.46. The molecule has 0 spiro atoms. The van der Waals surface area contributed by atoms with Gasteiger partial charge in [0.05, 0.1) is 0 Å². The number of hydrogen-bond acceptors (Lipinski definition) is 2. The van der Waals surface area contributed by atoms with Crippen molar-refractivity contribution in [3.8, 4) is 5.75 Å². The molecule has 2 nitrogen and oxygen atoms in total. The molecule has 16 heavy (non-hydrogen) atoms. The Balaban J connectivity index is 2.19. The first-order valence-electron chi connectivity index (χ1n) is 6.04. The number of benzene rings is 1. The molecule has 88 valence electrons. The zero-order valence-electron chi connectivity index (χ0n) is 10.4. The largest absolute Gasteiger partial charge is 0.489 e. The van der Waals surface area contributed by atoms with Crippen LogP contribution in [0.25, 0.3) is 0 Å². The van der Waals surface area contributed by atoms with Crippen molar-refractivity contribution in [3.63, 3.8) is 0 Å². The zero-order valence-corrected chi connectivity index (χ0v) is 10.4. The van der Waals surface area contributed by atoms with E-state index in [-0.39, 0.29) is 5.41 Å². The Morgan fingerprint density at radius 3 is 2.62 bits per heavy atom. The lowest BCUT2D eigenvalue weighted by Gasteiger charge is -2.24. The van der Waals surface area contributed by atoms with E-state index in [1.807, 2.05) is 6.07 Å². The molecule has 1 unspecified atom stereocenters. The van der Waals surface area contributed by atoms with Crippen molar-refractivity contribution in [1.82, 2.24) is 5.32 Å². The second-order valence-corrected chi connectivity index (χ2v) is 5.48. The predicted octanol–water partition coefficient (Wildman–Crippen LogP) is 2.72. The van der Waals surface area contributed by atoms with E-state index in [2.05, 4.69) is 44.3 Å². The molecule has 1 fully saturated rings. The molecule has 1 aromatic carbocycles. The Hall–Kier alpha value is -1.02. The predicted molar refractivity (Wildman–Crippen MR) is 67.0 cm³/mol. The first-order valence-corrected chi connectivity index (χ1v) is 6.04. The summed E-state index contributed by atoms with van der Waals surface area (Å²) in [6.45, 7) is 8.72. The molecular weight excluding hydrogens is 198 g/mol. The number of para-hydroxylation sites is 1. The Morgan fingerprint density at radius 2 is 2.00 bits per heavy atom. The fraction of sp³-hybridized carbons (Fsp3) is 0.571. The summed E-state index contributed by atoms with van der Waals surface area (Å²) in [5.41, 5.74) is 1.43. The SMILES string of the molecule is CC(C)(C)c1ccccc1OC1CCNC1. The van der Waals surface area contributed by atoms with Gasteiger partial charge in [-0.2, -0.15) is 0 Å². The minimum atomic E-state index is 0.141. The van der Waals surface area contributed by atoms with E-state index in [1.54, 1.807) is 0 Å². The Morgan fingerprint density at radius 1 is 1.25 bits per heavy atom. The summed E-state index contributed by atoms with van der Waals surface area (Å²) in [6, 6.07) is 8.38. The minimum absolute atomic E-state index is 0.141. The lowest BCUT2D eigenvalue weighted by Crippen LogP contribution is -2.22. The van der Waals surface area contributed by atoms with Gasteiger partial charge >= 0.3 is 0 Å². The summed E-state index contributed by atoms with van der Waals surface area (Å²) in [5, 5.41) is 3.33. The van der Waals surface area contributed by atoms with E-state index in [4.69, 9.17) is 4.74 Å². The van der Waals surface area contributed by atoms with Crippen molar-refractivity contribution in [3.05, 3.63) is 29.8 Å². The second-order valence-electron chi connectivity index (χ2n) is 5.48. The van der Waals surface area contributed by atoms with Crippen molar-refractivity contribution >= 4 is 0 Å². The highest BCUT2D eigenvalue weighted by molar-refractivity contribution is 5.38. The maximum absolute atomic E-state index is 6.07. The van der Waals surface area contributed by atoms with Gasteiger partial charge in [-0.05, 0) is 30.0 Å². The van der Waals surface area contributed by atoms with E-state index in [0.29, 0.717) is 6.10 Å². The third-order valence-corrected chi connectivity index (χ3v) is 3.00. The molecule has 1 aromatic rings. The number of hydrogen-bond donors (Lipinski definition) is 1. The monoisotopic (exact) mass is 219 g/mol. The van der Waals surface area contributed by atoms with Gasteiger partial charge in [-0.15, -0.1) is 0 Å². The number of rotatable bonds is 2. The summed E-state index contributed by atoms with van der Waals surface area (Å²) in [7, 11) is 0. The average Bonchev–Trinajstić information content (AvgIpc) is 2.70. The third kappa shape index (κ3) is 2.56. The Kier molecular flexibility index (Phi) is 3.20. The van der Waals surface area contributed by atoms with Crippen LogP contribution in [0, 0.1) is 0 Å².